The summed E-state index contributed by atoms with van der Waals surface area (Å²) in [5.41, 5.74) is 1.92. The molecule has 0 unspecified atom stereocenters. The topological polar surface area (TPSA) is 49.3 Å². The van der Waals surface area contributed by atoms with Crippen molar-refractivity contribution in [1.29, 1.82) is 0 Å². The van der Waals surface area contributed by atoms with Crippen LogP contribution in [-0.4, -0.2) is 11.0 Å². The van der Waals surface area contributed by atoms with E-state index in [2.05, 4.69) is 12.2 Å². The van der Waals surface area contributed by atoms with Gasteiger partial charge in [-0.05, 0) is 17.5 Å². The van der Waals surface area contributed by atoms with Gasteiger partial charge in [-0.2, -0.15) is 0 Å². The van der Waals surface area contributed by atoms with E-state index in [0.717, 1.165) is 24.0 Å². The molecule has 0 aliphatic rings. The molecule has 0 saturated carbocycles. The van der Waals surface area contributed by atoms with Gasteiger partial charge in [-0.25, -0.2) is 0 Å². The van der Waals surface area contributed by atoms with E-state index in [4.69, 9.17) is 5.11 Å². The molecule has 0 radical (unpaired) electrons. The molecule has 1 aromatic carbocycles. The number of amides is 1. The molecule has 0 spiro atoms. The van der Waals surface area contributed by atoms with Gasteiger partial charge in [0.1, 0.15) is 0 Å². The fourth-order valence-corrected chi connectivity index (χ4v) is 2.37. The summed E-state index contributed by atoms with van der Waals surface area (Å²) in [6, 6.07) is 7.67. The quantitative estimate of drug-likeness (QED) is 0.607. The molecule has 1 amide bonds. The van der Waals surface area contributed by atoms with Crippen LogP contribution in [-0.2, 0) is 17.9 Å². The van der Waals surface area contributed by atoms with Crippen molar-refractivity contribution >= 4 is 5.91 Å². The first-order valence-electron chi connectivity index (χ1n) is 8.21. The number of aliphatic hydroxyl groups excluding tert-OH is 1. The maximum Gasteiger partial charge on any atom is 0.220 e. The lowest BCUT2D eigenvalue weighted by Gasteiger charge is -2.06. The van der Waals surface area contributed by atoms with E-state index in [1.54, 1.807) is 0 Å². The Morgan fingerprint density at radius 2 is 1.71 bits per heavy atom. The highest BCUT2D eigenvalue weighted by Gasteiger charge is 2.02. The number of nitrogens with one attached hydrogen (secondary N) is 1. The number of unbranched alkanes of at least 4 members (excludes halogenated alkanes) is 6. The highest BCUT2D eigenvalue weighted by Crippen LogP contribution is 2.09. The zero-order valence-corrected chi connectivity index (χ0v) is 13.2. The summed E-state index contributed by atoms with van der Waals surface area (Å²) in [6.45, 7) is 2.81. The van der Waals surface area contributed by atoms with Gasteiger partial charge >= 0.3 is 0 Å². The first-order valence-corrected chi connectivity index (χ1v) is 8.21. The maximum absolute atomic E-state index is 11.7. The lowest BCUT2D eigenvalue weighted by molar-refractivity contribution is -0.121. The number of hydrogen-bond donors (Lipinski definition) is 2. The number of rotatable bonds is 11. The summed E-state index contributed by atoms with van der Waals surface area (Å²) in [7, 11) is 0. The standard InChI is InChI=1S/C18H29NO2/c1-2-3-4-5-6-7-8-12-18(21)19-14-16-10-9-11-17(13-16)15-20/h9-11,13,20H,2-8,12,14-15H2,1H3,(H,19,21). The molecule has 0 saturated heterocycles. The van der Waals surface area contributed by atoms with Gasteiger partial charge in [0.2, 0.25) is 5.91 Å². The molecule has 1 aromatic rings. The molecule has 0 heterocycles. The summed E-state index contributed by atoms with van der Waals surface area (Å²) in [4.78, 5) is 11.7. The molecular weight excluding hydrogens is 262 g/mol. The average Bonchev–Trinajstić information content (AvgIpc) is 2.52. The lowest BCUT2D eigenvalue weighted by atomic mass is 10.1. The smallest absolute Gasteiger partial charge is 0.220 e. The predicted octanol–water partition coefficient (Wildman–Crippen LogP) is 3.94. The molecule has 21 heavy (non-hydrogen) atoms. The Bertz CT molecular complexity index is 404. The monoisotopic (exact) mass is 291 g/mol. The molecule has 2 N–H and O–H groups in total. The largest absolute Gasteiger partial charge is 0.392 e. The van der Waals surface area contributed by atoms with Crippen LogP contribution < -0.4 is 5.32 Å². The van der Waals surface area contributed by atoms with E-state index in [1.165, 1.54) is 32.1 Å². The summed E-state index contributed by atoms with van der Waals surface area (Å²) in [6.07, 6.45) is 9.21. The van der Waals surface area contributed by atoms with Crippen molar-refractivity contribution in [2.24, 2.45) is 0 Å². The second-order valence-corrected chi connectivity index (χ2v) is 5.63. The number of benzene rings is 1. The van der Waals surface area contributed by atoms with Crippen LogP contribution >= 0.6 is 0 Å². The first-order chi connectivity index (χ1) is 10.3. The molecule has 0 atom stereocenters. The zero-order chi connectivity index (χ0) is 15.3. The van der Waals surface area contributed by atoms with Crippen molar-refractivity contribution in [1.82, 2.24) is 5.32 Å². The number of aliphatic hydroxyl groups is 1. The minimum Gasteiger partial charge on any atom is -0.392 e. The first kappa shape index (κ1) is 17.7. The average molecular weight is 291 g/mol. The Hall–Kier alpha value is -1.35. The second-order valence-electron chi connectivity index (χ2n) is 5.63. The minimum absolute atomic E-state index is 0.0415. The molecule has 0 fully saturated rings. The van der Waals surface area contributed by atoms with Gasteiger partial charge in [0.15, 0.2) is 0 Å². The van der Waals surface area contributed by atoms with E-state index in [1.807, 2.05) is 24.3 Å². The molecule has 0 aliphatic carbocycles. The van der Waals surface area contributed by atoms with Crippen LogP contribution in [0.5, 0.6) is 0 Å². The number of carbonyl (C=O) groups is 1. The molecular formula is C18H29NO2. The summed E-state index contributed by atoms with van der Waals surface area (Å²) in [5.74, 6) is 0.123. The maximum atomic E-state index is 11.7. The van der Waals surface area contributed by atoms with Crippen molar-refractivity contribution in [3.05, 3.63) is 35.4 Å². The summed E-state index contributed by atoms with van der Waals surface area (Å²) in [5, 5.41) is 12.0. The van der Waals surface area contributed by atoms with Crippen LogP contribution in [0.2, 0.25) is 0 Å². The van der Waals surface area contributed by atoms with Crippen molar-refractivity contribution in [3.63, 3.8) is 0 Å². The summed E-state index contributed by atoms with van der Waals surface area (Å²) >= 11 is 0. The normalized spacial score (nSPS) is 10.6. The third-order valence-electron chi connectivity index (χ3n) is 3.67. The molecule has 0 aromatic heterocycles. The van der Waals surface area contributed by atoms with Gasteiger partial charge in [0, 0.05) is 13.0 Å². The molecule has 0 aliphatic heterocycles. The van der Waals surface area contributed by atoms with E-state index in [9.17, 15) is 4.79 Å². The Morgan fingerprint density at radius 3 is 2.43 bits per heavy atom. The van der Waals surface area contributed by atoms with Crippen molar-refractivity contribution < 1.29 is 9.90 Å². The van der Waals surface area contributed by atoms with Crippen LogP contribution in [0.15, 0.2) is 24.3 Å². The van der Waals surface area contributed by atoms with Crippen molar-refractivity contribution in [3.8, 4) is 0 Å². The summed E-state index contributed by atoms with van der Waals surface area (Å²) < 4.78 is 0. The number of hydrogen-bond acceptors (Lipinski definition) is 2. The van der Waals surface area contributed by atoms with Crippen molar-refractivity contribution in [2.45, 2.75) is 71.4 Å². The molecule has 118 valence electrons. The van der Waals surface area contributed by atoms with E-state index in [0.29, 0.717) is 13.0 Å². The van der Waals surface area contributed by atoms with Crippen LogP contribution in [0.25, 0.3) is 0 Å². The van der Waals surface area contributed by atoms with Gasteiger partial charge in [-0.1, -0.05) is 69.7 Å². The third kappa shape index (κ3) is 8.51. The highest BCUT2D eigenvalue weighted by molar-refractivity contribution is 5.75. The Kier molecular flexibility index (Phi) is 9.55. The van der Waals surface area contributed by atoms with E-state index < -0.39 is 0 Å². The van der Waals surface area contributed by atoms with E-state index in [-0.39, 0.29) is 12.5 Å². The fourth-order valence-electron chi connectivity index (χ4n) is 2.37. The van der Waals surface area contributed by atoms with Crippen LogP contribution in [0.3, 0.4) is 0 Å². The van der Waals surface area contributed by atoms with Gasteiger partial charge in [0.25, 0.3) is 0 Å². The second kappa shape index (κ2) is 11.3. The Labute approximate surface area is 128 Å². The SMILES string of the molecule is CCCCCCCCCC(=O)NCc1cccc(CO)c1. The van der Waals surface area contributed by atoms with Gasteiger partial charge in [-0.3, -0.25) is 4.79 Å². The van der Waals surface area contributed by atoms with Crippen LogP contribution in [0.1, 0.15) is 69.4 Å². The molecule has 0 bridgehead atoms. The van der Waals surface area contributed by atoms with E-state index >= 15 is 0 Å². The molecule has 3 nitrogen and oxygen atoms in total. The van der Waals surface area contributed by atoms with Crippen molar-refractivity contribution in [2.75, 3.05) is 0 Å². The minimum atomic E-state index is 0.0415. The van der Waals surface area contributed by atoms with Gasteiger partial charge < -0.3 is 10.4 Å². The molecule has 1 rings (SSSR count). The lowest BCUT2D eigenvalue weighted by Crippen LogP contribution is -2.22. The Balaban J connectivity index is 2.08. The zero-order valence-electron chi connectivity index (χ0n) is 13.2. The molecule has 3 heteroatoms. The van der Waals surface area contributed by atoms with Gasteiger partial charge in [0.05, 0.1) is 6.61 Å². The predicted molar refractivity (Wildman–Crippen MR) is 86.8 cm³/mol. The third-order valence-corrected chi connectivity index (χ3v) is 3.67. The Morgan fingerprint density at radius 1 is 1.05 bits per heavy atom. The van der Waals surface area contributed by atoms with Crippen LogP contribution in [0, 0.1) is 0 Å². The fraction of sp³-hybridized carbons (Fsp3) is 0.611. The van der Waals surface area contributed by atoms with Crippen LogP contribution in [0.4, 0.5) is 0 Å². The number of carbonyl (C=O) groups excluding carboxylic acids is 1. The highest BCUT2D eigenvalue weighted by atomic mass is 16.3. The van der Waals surface area contributed by atoms with Gasteiger partial charge in [-0.15, -0.1) is 0 Å².